The lowest BCUT2D eigenvalue weighted by molar-refractivity contribution is 0.545. The number of hydrogen-bond acceptors (Lipinski definition) is 4. The zero-order chi connectivity index (χ0) is 35.6. The third-order valence-corrected chi connectivity index (χ3v) is 10.9. The van der Waals surface area contributed by atoms with Gasteiger partial charge in [0.2, 0.25) is 0 Å². The van der Waals surface area contributed by atoms with Gasteiger partial charge in [-0.25, -0.2) is 15.0 Å². The summed E-state index contributed by atoms with van der Waals surface area (Å²) in [7, 11) is 0. The number of para-hydroxylation sites is 2. The van der Waals surface area contributed by atoms with E-state index in [1.54, 1.807) is 0 Å². The van der Waals surface area contributed by atoms with Gasteiger partial charge in [0.15, 0.2) is 17.5 Å². The monoisotopic (exact) mass is 694 g/mol. The van der Waals surface area contributed by atoms with Crippen molar-refractivity contribution < 1.29 is 4.42 Å². The molecule has 0 fully saturated rings. The molecular weight excluding hydrogens is 661 g/mol. The van der Waals surface area contributed by atoms with Gasteiger partial charge in [-0.05, 0) is 71.5 Å². The zero-order valence-electron chi connectivity index (χ0n) is 29.5. The molecule has 11 rings (SSSR count). The molecule has 0 saturated carbocycles. The normalized spacial score (nSPS) is 14.1. The van der Waals surface area contributed by atoms with Gasteiger partial charge in [-0.2, -0.15) is 0 Å². The number of benzene rings is 6. The quantitative estimate of drug-likeness (QED) is 0.180. The molecule has 0 N–H and O–H groups in total. The molecule has 9 aromatic rings. The summed E-state index contributed by atoms with van der Waals surface area (Å²) in [6.07, 6.45) is 12.5. The van der Waals surface area contributed by atoms with Crippen molar-refractivity contribution in [3.8, 4) is 28.2 Å². The number of furan rings is 1. The highest BCUT2D eigenvalue weighted by Gasteiger charge is 2.27. The summed E-state index contributed by atoms with van der Waals surface area (Å²) in [6.45, 7) is 0. The average molecular weight is 695 g/mol. The average Bonchev–Trinajstić information content (AvgIpc) is 3.80. The summed E-state index contributed by atoms with van der Waals surface area (Å²) in [6, 6.07) is 47.4. The number of aryl methyl sites for hydroxylation is 1. The van der Waals surface area contributed by atoms with Gasteiger partial charge >= 0.3 is 0 Å². The number of rotatable bonds is 5. The summed E-state index contributed by atoms with van der Waals surface area (Å²) in [5.74, 6) is 3.03. The van der Waals surface area contributed by atoms with Crippen LogP contribution in [0.3, 0.4) is 0 Å². The number of aromatic nitrogens is 4. The smallest absolute Gasteiger partial charge is 0.164 e. The van der Waals surface area contributed by atoms with E-state index in [1.807, 2.05) is 18.2 Å². The predicted octanol–water partition coefficient (Wildman–Crippen LogP) is 12.3. The Morgan fingerprint density at radius 3 is 1.94 bits per heavy atom. The van der Waals surface area contributed by atoms with Crippen molar-refractivity contribution in [3.63, 3.8) is 0 Å². The fraction of sp³-hybridized carbons (Fsp3) is 0.0816. The molecule has 5 heteroatoms. The van der Waals surface area contributed by atoms with Crippen LogP contribution in [0.5, 0.6) is 0 Å². The van der Waals surface area contributed by atoms with Crippen LogP contribution in [0.4, 0.5) is 0 Å². The Hall–Kier alpha value is -6.85. The summed E-state index contributed by atoms with van der Waals surface area (Å²) in [5, 5.41) is 5.97. The van der Waals surface area contributed by atoms with Crippen molar-refractivity contribution in [2.45, 2.75) is 25.7 Å². The van der Waals surface area contributed by atoms with Crippen LogP contribution in [0.25, 0.3) is 82.9 Å². The Morgan fingerprint density at radius 1 is 0.537 bits per heavy atom. The van der Waals surface area contributed by atoms with Crippen molar-refractivity contribution in [2.24, 2.45) is 0 Å². The van der Waals surface area contributed by atoms with Crippen LogP contribution in [0, 0.1) is 0 Å². The second kappa shape index (κ2) is 12.4. The lowest BCUT2D eigenvalue weighted by atomic mass is 9.89. The van der Waals surface area contributed by atoms with Gasteiger partial charge in [0.1, 0.15) is 11.3 Å². The standard InChI is InChI=1S/C49H34N4O/c1-3-14-32(15-4-1)47-50-48(33-16-5-2-6-17-33)52-49(51-47)39-22-13-25-43-46(39)45-38-21-8-7-18-35(38)40(30-44(45)54-43)31-26-28-34(29-27-31)53-41-23-11-9-19-36(41)37-20-10-12-24-42(37)53/h1,3-5,7-12,14-24,26-30H,2,6,13,25H2. The van der Waals surface area contributed by atoms with Crippen molar-refractivity contribution in [1.29, 1.82) is 0 Å². The minimum atomic E-state index is 0.674. The maximum Gasteiger partial charge on any atom is 0.164 e. The number of allylic oxidation sites excluding steroid dienone is 5. The van der Waals surface area contributed by atoms with Crippen LogP contribution in [0.1, 0.15) is 42.2 Å². The van der Waals surface area contributed by atoms with E-state index < -0.39 is 0 Å². The molecule has 0 bridgehead atoms. The highest BCUT2D eigenvalue weighted by molar-refractivity contribution is 6.17. The summed E-state index contributed by atoms with van der Waals surface area (Å²) >= 11 is 0. The molecule has 0 saturated heterocycles. The highest BCUT2D eigenvalue weighted by atomic mass is 16.3. The van der Waals surface area contributed by atoms with Crippen molar-refractivity contribution in [3.05, 3.63) is 181 Å². The van der Waals surface area contributed by atoms with E-state index in [0.29, 0.717) is 17.5 Å². The van der Waals surface area contributed by atoms with E-state index in [1.165, 1.54) is 27.2 Å². The van der Waals surface area contributed by atoms with Crippen molar-refractivity contribution >= 4 is 54.7 Å². The molecule has 5 nitrogen and oxygen atoms in total. The number of hydrogen-bond donors (Lipinski definition) is 0. The topological polar surface area (TPSA) is 56.7 Å². The van der Waals surface area contributed by atoms with Crippen LogP contribution >= 0.6 is 0 Å². The summed E-state index contributed by atoms with van der Waals surface area (Å²) in [5.41, 5.74) is 10.8. The Morgan fingerprint density at radius 2 is 1.20 bits per heavy atom. The summed E-state index contributed by atoms with van der Waals surface area (Å²) < 4.78 is 9.18. The Kier molecular flexibility index (Phi) is 7.05. The molecule has 3 heterocycles. The fourth-order valence-electron chi connectivity index (χ4n) is 8.48. The second-order valence-corrected chi connectivity index (χ2v) is 14.1. The minimum absolute atomic E-state index is 0.674. The number of nitrogens with zero attached hydrogens (tertiary/aromatic N) is 4. The first kappa shape index (κ1) is 30.7. The molecule has 6 aromatic carbocycles. The van der Waals surface area contributed by atoms with Crippen LogP contribution < -0.4 is 0 Å². The maximum atomic E-state index is 6.81. The molecule has 0 spiro atoms. The van der Waals surface area contributed by atoms with Gasteiger partial charge in [-0.1, -0.05) is 127 Å². The van der Waals surface area contributed by atoms with Crippen LogP contribution in [0.15, 0.2) is 162 Å². The molecule has 0 unspecified atom stereocenters. The molecule has 256 valence electrons. The molecule has 2 aliphatic carbocycles. The Balaban J connectivity index is 1.06. The van der Waals surface area contributed by atoms with Gasteiger partial charge in [0.25, 0.3) is 0 Å². The fourth-order valence-corrected chi connectivity index (χ4v) is 8.48. The van der Waals surface area contributed by atoms with E-state index in [0.717, 1.165) is 86.9 Å². The highest BCUT2D eigenvalue weighted by Crippen LogP contribution is 2.45. The van der Waals surface area contributed by atoms with Crippen molar-refractivity contribution in [2.75, 3.05) is 0 Å². The molecule has 0 aliphatic heterocycles. The minimum Gasteiger partial charge on any atom is -0.460 e. The van der Waals surface area contributed by atoms with E-state index in [-0.39, 0.29) is 0 Å². The van der Waals surface area contributed by atoms with Crippen LogP contribution in [-0.4, -0.2) is 19.5 Å². The van der Waals surface area contributed by atoms with Gasteiger partial charge < -0.3 is 8.98 Å². The Labute approximate surface area is 312 Å². The molecule has 0 amide bonds. The third-order valence-electron chi connectivity index (χ3n) is 10.9. The van der Waals surface area contributed by atoms with E-state index >= 15 is 0 Å². The lowest BCUT2D eigenvalue weighted by Crippen LogP contribution is -2.08. The SMILES string of the molecule is C1=CC(c2nc(C3=CCCc4oc5cc(-c6ccc(-n7c8ccccc8c8ccccc87)cc6)c6ccccc6c5c43)nc(-c3ccccc3)n2)=CCC1. The predicted molar refractivity (Wildman–Crippen MR) is 221 cm³/mol. The van der Waals surface area contributed by atoms with Gasteiger partial charge in [-0.3, -0.25) is 0 Å². The van der Waals surface area contributed by atoms with Gasteiger partial charge in [0.05, 0.1) is 11.0 Å². The molecular formula is C49H34N4O. The van der Waals surface area contributed by atoms with E-state index in [9.17, 15) is 0 Å². The first-order chi connectivity index (χ1) is 26.8. The third kappa shape index (κ3) is 4.89. The van der Waals surface area contributed by atoms with Gasteiger partial charge in [-0.15, -0.1) is 0 Å². The zero-order valence-corrected chi connectivity index (χ0v) is 29.5. The second-order valence-electron chi connectivity index (χ2n) is 14.1. The van der Waals surface area contributed by atoms with E-state index in [2.05, 4.69) is 144 Å². The van der Waals surface area contributed by atoms with E-state index in [4.69, 9.17) is 19.4 Å². The largest absolute Gasteiger partial charge is 0.460 e. The molecule has 2 aliphatic rings. The summed E-state index contributed by atoms with van der Waals surface area (Å²) in [4.78, 5) is 15.3. The molecule has 3 aromatic heterocycles. The van der Waals surface area contributed by atoms with Gasteiger partial charge in [0, 0.05) is 50.5 Å². The first-order valence-corrected chi connectivity index (χ1v) is 18.7. The van der Waals surface area contributed by atoms with Crippen LogP contribution in [0.2, 0.25) is 0 Å². The molecule has 54 heavy (non-hydrogen) atoms. The Bertz CT molecular complexity index is 2980. The molecule has 0 atom stereocenters. The number of fused-ring (bicyclic) bond motifs is 8. The van der Waals surface area contributed by atoms with Crippen LogP contribution in [-0.2, 0) is 6.42 Å². The molecule has 0 radical (unpaired) electrons. The first-order valence-electron chi connectivity index (χ1n) is 18.7. The maximum absolute atomic E-state index is 6.81. The van der Waals surface area contributed by atoms with Crippen molar-refractivity contribution in [1.82, 2.24) is 19.5 Å². The lowest BCUT2D eigenvalue weighted by Gasteiger charge is -2.16.